The lowest BCUT2D eigenvalue weighted by Crippen LogP contribution is -2.40. The monoisotopic (exact) mass is 106 g/mol. The van der Waals surface area contributed by atoms with Crippen LogP contribution in [0, 0.1) is 0 Å². The van der Waals surface area contributed by atoms with Gasteiger partial charge in [-0.15, -0.1) is 0 Å². The van der Waals surface area contributed by atoms with Crippen molar-refractivity contribution in [2.75, 3.05) is 6.54 Å². The molecule has 0 aliphatic rings. The van der Waals surface area contributed by atoms with Crippen LogP contribution < -0.4 is 11.5 Å². The molecule has 0 bridgehead atoms. The molecule has 0 fully saturated rings. The minimum atomic E-state index is -1.48. The third-order valence-corrected chi connectivity index (χ3v) is 0.655. The van der Waals surface area contributed by atoms with Gasteiger partial charge in [-0.05, 0) is 0 Å². The van der Waals surface area contributed by atoms with Crippen molar-refractivity contribution in [3.8, 4) is 0 Å². The van der Waals surface area contributed by atoms with E-state index in [0.717, 1.165) is 0 Å². The molecular formula is C3H10N2O2. The second-order valence-corrected chi connectivity index (χ2v) is 1.31. The van der Waals surface area contributed by atoms with Crippen molar-refractivity contribution in [2.24, 2.45) is 11.5 Å². The van der Waals surface area contributed by atoms with E-state index in [1.54, 1.807) is 0 Å². The van der Waals surface area contributed by atoms with Crippen LogP contribution in [0.15, 0.2) is 0 Å². The van der Waals surface area contributed by atoms with Crippen molar-refractivity contribution in [3.05, 3.63) is 0 Å². The van der Waals surface area contributed by atoms with Gasteiger partial charge < -0.3 is 21.7 Å². The first-order valence-corrected chi connectivity index (χ1v) is 2.00. The van der Waals surface area contributed by atoms with Crippen molar-refractivity contribution in [1.29, 1.82) is 0 Å². The van der Waals surface area contributed by atoms with E-state index in [9.17, 15) is 0 Å². The standard InChI is InChI=1S/C3H10N2O2/c4-1-2(5)3(6)7/h2-3,6-7H,1,4-5H2. The molecule has 0 aromatic rings. The highest BCUT2D eigenvalue weighted by atomic mass is 16.5. The number of hydrogen-bond donors (Lipinski definition) is 4. The fourth-order valence-electron chi connectivity index (χ4n) is 0.122. The molecule has 6 N–H and O–H groups in total. The summed E-state index contributed by atoms with van der Waals surface area (Å²) in [5.41, 5.74) is 9.92. The third-order valence-electron chi connectivity index (χ3n) is 0.655. The Morgan fingerprint density at radius 2 is 1.86 bits per heavy atom. The molecule has 0 spiro atoms. The molecule has 4 nitrogen and oxygen atoms in total. The number of aliphatic hydroxyl groups is 2. The molecule has 0 aromatic heterocycles. The van der Waals surface area contributed by atoms with Gasteiger partial charge in [-0.2, -0.15) is 0 Å². The van der Waals surface area contributed by atoms with Crippen LogP contribution in [-0.2, 0) is 0 Å². The van der Waals surface area contributed by atoms with Gasteiger partial charge >= 0.3 is 0 Å². The summed E-state index contributed by atoms with van der Waals surface area (Å²) in [7, 11) is 0. The number of aliphatic hydroxyl groups excluding tert-OH is 1. The number of rotatable bonds is 2. The van der Waals surface area contributed by atoms with E-state index in [-0.39, 0.29) is 6.54 Å². The molecule has 44 valence electrons. The molecule has 0 saturated carbocycles. The Morgan fingerprint density at radius 1 is 1.43 bits per heavy atom. The van der Waals surface area contributed by atoms with E-state index in [0.29, 0.717) is 0 Å². The average Bonchev–Trinajstić information content (AvgIpc) is 1.65. The quantitative estimate of drug-likeness (QED) is 0.295. The molecule has 0 rings (SSSR count). The van der Waals surface area contributed by atoms with Crippen LogP contribution >= 0.6 is 0 Å². The zero-order valence-corrected chi connectivity index (χ0v) is 3.91. The normalized spacial score (nSPS) is 15.0. The second-order valence-electron chi connectivity index (χ2n) is 1.31. The summed E-state index contributed by atoms with van der Waals surface area (Å²) in [5.74, 6) is 0. The summed E-state index contributed by atoms with van der Waals surface area (Å²) in [4.78, 5) is 0. The van der Waals surface area contributed by atoms with Crippen molar-refractivity contribution >= 4 is 0 Å². The van der Waals surface area contributed by atoms with E-state index in [4.69, 9.17) is 21.7 Å². The lowest BCUT2D eigenvalue weighted by atomic mass is 10.3. The minimum Gasteiger partial charge on any atom is -0.367 e. The van der Waals surface area contributed by atoms with Gasteiger partial charge in [-0.1, -0.05) is 0 Å². The van der Waals surface area contributed by atoms with Gasteiger partial charge in [0.15, 0.2) is 6.29 Å². The minimum absolute atomic E-state index is 0.0949. The SMILES string of the molecule is NCC(N)C(O)O. The van der Waals surface area contributed by atoms with Crippen LogP contribution in [0.1, 0.15) is 0 Å². The molecule has 0 aromatic carbocycles. The Labute approximate surface area is 41.7 Å². The second kappa shape index (κ2) is 2.92. The van der Waals surface area contributed by atoms with Gasteiger partial charge in [0, 0.05) is 6.54 Å². The summed E-state index contributed by atoms with van der Waals surface area (Å²) in [6, 6.07) is -0.708. The molecule has 0 radical (unpaired) electrons. The Hall–Kier alpha value is -0.160. The fourth-order valence-corrected chi connectivity index (χ4v) is 0.122. The maximum absolute atomic E-state index is 8.17. The van der Waals surface area contributed by atoms with E-state index >= 15 is 0 Å². The highest BCUT2D eigenvalue weighted by molar-refractivity contribution is 4.61. The molecule has 4 heteroatoms. The molecule has 1 unspecified atom stereocenters. The van der Waals surface area contributed by atoms with E-state index in [1.165, 1.54) is 0 Å². The van der Waals surface area contributed by atoms with Crippen molar-refractivity contribution in [3.63, 3.8) is 0 Å². The zero-order valence-electron chi connectivity index (χ0n) is 3.91. The third kappa shape index (κ3) is 2.52. The Balaban J connectivity index is 3.14. The van der Waals surface area contributed by atoms with Crippen LogP contribution in [-0.4, -0.2) is 29.1 Å². The molecular weight excluding hydrogens is 96.0 g/mol. The molecule has 0 aliphatic carbocycles. The topological polar surface area (TPSA) is 92.5 Å². The Morgan fingerprint density at radius 3 is 1.86 bits per heavy atom. The largest absolute Gasteiger partial charge is 0.367 e. The van der Waals surface area contributed by atoms with Crippen molar-refractivity contribution < 1.29 is 10.2 Å². The maximum Gasteiger partial charge on any atom is 0.168 e. The van der Waals surface area contributed by atoms with Crippen LogP contribution in [0.4, 0.5) is 0 Å². The zero-order chi connectivity index (χ0) is 5.86. The first kappa shape index (κ1) is 6.84. The van der Waals surface area contributed by atoms with Gasteiger partial charge in [-0.3, -0.25) is 0 Å². The fraction of sp³-hybridized carbons (Fsp3) is 1.00. The highest BCUT2D eigenvalue weighted by Crippen LogP contribution is 1.77. The lowest BCUT2D eigenvalue weighted by molar-refractivity contribution is -0.0557. The van der Waals surface area contributed by atoms with E-state index in [2.05, 4.69) is 0 Å². The first-order valence-electron chi connectivity index (χ1n) is 2.00. The lowest BCUT2D eigenvalue weighted by Gasteiger charge is -2.08. The summed E-state index contributed by atoms with van der Waals surface area (Å²) < 4.78 is 0. The predicted octanol–water partition coefficient (Wildman–Crippen LogP) is -2.42. The van der Waals surface area contributed by atoms with E-state index < -0.39 is 12.3 Å². The van der Waals surface area contributed by atoms with Gasteiger partial charge in [0.25, 0.3) is 0 Å². The molecule has 0 saturated heterocycles. The van der Waals surface area contributed by atoms with Gasteiger partial charge in [0.2, 0.25) is 0 Å². The Kier molecular flexibility index (Phi) is 2.86. The number of hydrogen-bond acceptors (Lipinski definition) is 4. The maximum atomic E-state index is 8.17. The molecule has 0 amide bonds. The highest BCUT2D eigenvalue weighted by Gasteiger charge is 2.05. The van der Waals surface area contributed by atoms with Gasteiger partial charge in [0.05, 0.1) is 6.04 Å². The van der Waals surface area contributed by atoms with Crippen LogP contribution in [0.5, 0.6) is 0 Å². The Bertz CT molecular complexity index is 48.2. The first-order chi connectivity index (χ1) is 3.18. The molecule has 0 heterocycles. The summed E-state index contributed by atoms with van der Waals surface area (Å²) in [6.45, 7) is 0.0949. The smallest absolute Gasteiger partial charge is 0.168 e. The van der Waals surface area contributed by atoms with Crippen molar-refractivity contribution in [2.45, 2.75) is 12.3 Å². The van der Waals surface area contributed by atoms with E-state index in [1.807, 2.05) is 0 Å². The number of nitrogens with two attached hydrogens (primary N) is 2. The van der Waals surface area contributed by atoms with Crippen LogP contribution in [0.3, 0.4) is 0 Å². The summed E-state index contributed by atoms with van der Waals surface area (Å²) >= 11 is 0. The average molecular weight is 106 g/mol. The van der Waals surface area contributed by atoms with Crippen molar-refractivity contribution in [1.82, 2.24) is 0 Å². The molecule has 0 aliphatic heterocycles. The van der Waals surface area contributed by atoms with Crippen LogP contribution in [0.2, 0.25) is 0 Å². The predicted molar refractivity (Wildman–Crippen MR) is 25.3 cm³/mol. The van der Waals surface area contributed by atoms with Gasteiger partial charge in [-0.25, -0.2) is 0 Å². The molecule has 7 heavy (non-hydrogen) atoms. The van der Waals surface area contributed by atoms with Gasteiger partial charge in [0.1, 0.15) is 0 Å². The van der Waals surface area contributed by atoms with Crippen LogP contribution in [0.25, 0.3) is 0 Å². The summed E-state index contributed by atoms with van der Waals surface area (Å²) in [6.07, 6.45) is -1.48. The molecule has 1 atom stereocenters. The summed E-state index contributed by atoms with van der Waals surface area (Å²) in [5, 5.41) is 16.3.